The van der Waals surface area contributed by atoms with E-state index < -0.39 is 92.0 Å². The van der Waals surface area contributed by atoms with E-state index in [9.17, 15) is 30.3 Å². The van der Waals surface area contributed by atoms with E-state index in [-0.39, 0.29) is 25.5 Å². The molecule has 0 radical (unpaired) electrons. The van der Waals surface area contributed by atoms with Gasteiger partial charge in [0, 0.05) is 6.04 Å². The molecule has 222 valence electrons. The van der Waals surface area contributed by atoms with Crippen LogP contribution in [-0.4, -0.2) is 130 Å². The molecule has 38 heavy (non-hydrogen) atoms. The molecule has 2 heterocycles. The first-order valence-corrected chi connectivity index (χ1v) is 13.2. The van der Waals surface area contributed by atoms with Crippen LogP contribution in [0.3, 0.4) is 0 Å². The van der Waals surface area contributed by atoms with Gasteiger partial charge in [0.1, 0.15) is 42.7 Å². The summed E-state index contributed by atoms with van der Waals surface area (Å²) >= 11 is 0. The highest BCUT2D eigenvalue weighted by Crippen LogP contribution is 2.31. The van der Waals surface area contributed by atoms with E-state index in [1.165, 1.54) is 0 Å². The van der Waals surface area contributed by atoms with Crippen molar-refractivity contribution in [1.29, 1.82) is 0 Å². The number of aliphatic hydroxyl groups excluding tert-OH is 5. The second kappa shape index (κ2) is 14.0. The maximum absolute atomic E-state index is 12.6. The van der Waals surface area contributed by atoms with Crippen LogP contribution in [-0.2, 0) is 23.7 Å². The number of carbonyl (C=O) groups excluding carboxylic acids is 1. The van der Waals surface area contributed by atoms with Gasteiger partial charge in [0.2, 0.25) is 5.91 Å². The summed E-state index contributed by atoms with van der Waals surface area (Å²) in [6, 6.07) is -3.42. The molecule has 0 aromatic carbocycles. The molecule has 2 aliphatic heterocycles. The first kappa shape index (κ1) is 31.5. The first-order chi connectivity index (χ1) is 18.0. The molecular formula is C23H45N5O10. The molecule has 6 unspecified atom stereocenters. The van der Waals surface area contributed by atoms with Gasteiger partial charge in [-0.15, -0.1) is 0 Å². The van der Waals surface area contributed by atoms with Crippen LogP contribution >= 0.6 is 0 Å². The van der Waals surface area contributed by atoms with Crippen LogP contribution in [0, 0.1) is 0 Å². The van der Waals surface area contributed by atoms with Crippen LogP contribution in [0.4, 0.5) is 0 Å². The highest BCUT2D eigenvalue weighted by molar-refractivity contribution is 5.80. The van der Waals surface area contributed by atoms with E-state index >= 15 is 0 Å². The number of rotatable bonds is 10. The summed E-state index contributed by atoms with van der Waals surface area (Å²) < 4.78 is 23.5. The topological polar surface area (TPSA) is 271 Å². The molecule has 2 saturated heterocycles. The maximum atomic E-state index is 12.6. The number of carbonyl (C=O) groups is 1. The Morgan fingerprint density at radius 2 is 1.68 bits per heavy atom. The predicted octanol–water partition coefficient (Wildman–Crippen LogP) is -4.95. The lowest BCUT2D eigenvalue weighted by atomic mass is 9.83. The first-order valence-electron chi connectivity index (χ1n) is 13.2. The third kappa shape index (κ3) is 7.17. The van der Waals surface area contributed by atoms with Gasteiger partial charge in [0.25, 0.3) is 0 Å². The number of hydrogen-bond donors (Lipinski definition) is 10. The minimum atomic E-state index is -1.53. The molecule has 0 bridgehead atoms. The minimum absolute atomic E-state index is 0.00922. The summed E-state index contributed by atoms with van der Waals surface area (Å²) in [4.78, 5) is 12.6. The number of hydrogen-bond acceptors (Lipinski definition) is 14. The quantitative estimate of drug-likeness (QED) is 0.122. The van der Waals surface area contributed by atoms with Crippen LogP contribution in [0.25, 0.3) is 0 Å². The molecule has 14 atom stereocenters. The zero-order valence-electron chi connectivity index (χ0n) is 21.6. The minimum Gasteiger partial charge on any atom is -0.394 e. The molecule has 0 spiro atoms. The number of ether oxygens (including phenoxy) is 4. The Balaban J connectivity index is 1.82. The monoisotopic (exact) mass is 551 g/mol. The van der Waals surface area contributed by atoms with Crippen molar-refractivity contribution in [2.45, 2.75) is 125 Å². The molecule has 1 aliphatic carbocycles. The number of nitrogens with one attached hydrogen (secondary N) is 1. The van der Waals surface area contributed by atoms with Crippen molar-refractivity contribution in [2.75, 3.05) is 13.2 Å². The fourth-order valence-electron chi connectivity index (χ4n) is 5.15. The average Bonchev–Trinajstić information content (AvgIpc) is 2.89. The predicted molar refractivity (Wildman–Crippen MR) is 132 cm³/mol. The Morgan fingerprint density at radius 1 is 1.00 bits per heavy atom. The largest absolute Gasteiger partial charge is 0.394 e. The third-order valence-electron chi connectivity index (χ3n) is 7.56. The lowest BCUT2D eigenvalue weighted by Crippen LogP contribution is -2.69. The number of aliphatic hydroxyl groups is 5. The number of amides is 1. The van der Waals surface area contributed by atoms with E-state index in [0.717, 1.165) is 12.8 Å². The van der Waals surface area contributed by atoms with Crippen molar-refractivity contribution in [2.24, 2.45) is 22.9 Å². The molecule has 3 aliphatic rings. The maximum Gasteiger partial charge on any atom is 0.249 e. The summed E-state index contributed by atoms with van der Waals surface area (Å²) in [5.41, 5.74) is 23.9. The molecule has 15 nitrogen and oxygen atoms in total. The third-order valence-corrected chi connectivity index (χ3v) is 7.56. The van der Waals surface area contributed by atoms with Crippen LogP contribution in [0.1, 0.15) is 39.0 Å². The summed E-state index contributed by atoms with van der Waals surface area (Å²) in [7, 11) is 0. The van der Waals surface area contributed by atoms with Gasteiger partial charge in [-0.05, 0) is 38.6 Å². The van der Waals surface area contributed by atoms with E-state index in [1.54, 1.807) is 0 Å². The zero-order chi connectivity index (χ0) is 28.1. The Hall–Kier alpha value is -1.05. The zero-order valence-corrected chi connectivity index (χ0v) is 21.6. The summed E-state index contributed by atoms with van der Waals surface area (Å²) in [5.74, 6) is -0.748. The second-order valence-corrected chi connectivity index (χ2v) is 10.4. The highest BCUT2D eigenvalue weighted by Gasteiger charge is 2.51. The van der Waals surface area contributed by atoms with Gasteiger partial charge >= 0.3 is 0 Å². The Bertz CT molecular complexity index is 753. The van der Waals surface area contributed by atoms with Gasteiger partial charge in [-0.1, -0.05) is 6.92 Å². The smallest absolute Gasteiger partial charge is 0.249 e. The van der Waals surface area contributed by atoms with E-state index in [1.807, 2.05) is 6.92 Å². The van der Waals surface area contributed by atoms with Crippen molar-refractivity contribution < 1.29 is 49.3 Å². The van der Waals surface area contributed by atoms with Crippen molar-refractivity contribution in [3.63, 3.8) is 0 Å². The fourth-order valence-corrected chi connectivity index (χ4v) is 5.15. The van der Waals surface area contributed by atoms with Crippen LogP contribution in [0.5, 0.6) is 0 Å². The van der Waals surface area contributed by atoms with Crippen molar-refractivity contribution >= 4 is 5.91 Å². The van der Waals surface area contributed by atoms with E-state index in [2.05, 4.69) is 5.32 Å². The molecule has 3 fully saturated rings. The van der Waals surface area contributed by atoms with E-state index in [4.69, 9.17) is 41.9 Å². The fraction of sp³-hybridized carbons (Fsp3) is 0.957. The molecule has 15 heteroatoms. The molecule has 0 aromatic rings. The van der Waals surface area contributed by atoms with Gasteiger partial charge in [0.05, 0.1) is 30.8 Å². The summed E-state index contributed by atoms with van der Waals surface area (Å²) in [6.45, 7) is 1.45. The SMILES string of the molecule is CCC1CCC(N)[C@H](OC2C(O)[C@H](O[C@@H]3OC(CO)[C@H](O)[C@H](N)C3O)[C@H](NC(=O)[C@@H](O)CCN)C[C@@H]2N)O1. The van der Waals surface area contributed by atoms with Gasteiger partial charge < -0.3 is 72.7 Å². The summed E-state index contributed by atoms with van der Waals surface area (Å²) in [6.07, 6.45) is -9.37. The molecule has 1 saturated carbocycles. The number of nitrogens with two attached hydrogens (primary N) is 4. The van der Waals surface area contributed by atoms with Crippen LogP contribution in [0.2, 0.25) is 0 Å². The molecule has 14 N–H and O–H groups in total. The van der Waals surface area contributed by atoms with Gasteiger partial charge in [-0.3, -0.25) is 4.79 Å². The van der Waals surface area contributed by atoms with Gasteiger partial charge in [0.15, 0.2) is 12.6 Å². The molecule has 3 rings (SSSR count). The summed E-state index contributed by atoms with van der Waals surface area (Å²) in [5, 5.41) is 54.4. The Labute approximate surface area is 221 Å². The van der Waals surface area contributed by atoms with Crippen molar-refractivity contribution in [3.05, 3.63) is 0 Å². The van der Waals surface area contributed by atoms with Crippen molar-refractivity contribution in [1.82, 2.24) is 5.32 Å². The van der Waals surface area contributed by atoms with Crippen molar-refractivity contribution in [3.8, 4) is 0 Å². The average molecular weight is 552 g/mol. The second-order valence-electron chi connectivity index (χ2n) is 10.4. The standard InChI is InChI=1S/C23H45N5O10/c1-2-9-3-4-10(25)22(35-9)37-19-11(26)7-12(28-21(34)13(30)5-6-24)20(18(19)33)38-23-17(32)15(27)16(31)14(8-29)36-23/h9-20,22-23,29-33H,2-8,24-27H2,1H3,(H,28,34)/t9?,10?,11-,12+,13-,14?,15-,16-,17?,18?,19?,20+,22-,23-/m0/s1. The lowest BCUT2D eigenvalue weighted by Gasteiger charge is -2.48. The highest BCUT2D eigenvalue weighted by atomic mass is 16.7. The Morgan fingerprint density at radius 3 is 2.32 bits per heavy atom. The van der Waals surface area contributed by atoms with Crippen LogP contribution < -0.4 is 28.3 Å². The normalized spacial score (nSPS) is 44.9. The lowest BCUT2D eigenvalue weighted by molar-refractivity contribution is -0.314. The molecule has 0 aromatic heterocycles. The van der Waals surface area contributed by atoms with Gasteiger partial charge in [-0.25, -0.2) is 0 Å². The molecule has 1 amide bonds. The molecular weight excluding hydrogens is 506 g/mol. The van der Waals surface area contributed by atoms with Crippen LogP contribution in [0.15, 0.2) is 0 Å². The van der Waals surface area contributed by atoms with E-state index in [0.29, 0.717) is 6.42 Å². The Kier molecular flexibility index (Phi) is 11.6. The van der Waals surface area contributed by atoms with Gasteiger partial charge in [-0.2, -0.15) is 0 Å².